The molecule has 0 saturated carbocycles. The summed E-state index contributed by atoms with van der Waals surface area (Å²) in [5.74, 6) is 0.887. The molecule has 0 amide bonds. The SMILES string of the molecule is CCNCCC1CCCN(Cc2cccc(C)c2)C1. The van der Waals surface area contributed by atoms with Crippen LogP contribution in [0, 0.1) is 12.8 Å². The van der Waals surface area contributed by atoms with Crippen molar-refractivity contribution in [3.8, 4) is 0 Å². The van der Waals surface area contributed by atoms with Crippen LogP contribution in [-0.4, -0.2) is 31.1 Å². The van der Waals surface area contributed by atoms with Gasteiger partial charge in [-0.1, -0.05) is 36.8 Å². The molecule has 0 spiro atoms. The molecule has 0 aliphatic carbocycles. The first kappa shape index (κ1) is 14.5. The van der Waals surface area contributed by atoms with Crippen molar-refractivity contribution in [2.24, 2.45) is 5.92 Å². The molecule has 1 aromatic carbocycles. The lowest BCUT2D eigenvalue weighted by molar-refractivity contribution is 0.161. The summed E-state index contributed by atoms with van der Waals surface area (Å²) in [6.07, 6.45) is 4.11. The van der Waals surface area contributed by atoms with Crippen LogP contribution in [0.3, 0.4) is 0 Å². The first-order chi connectivity index (χ1) is 9.28. The number of hydrogen-bond donors (Lipinski definition) is 1. The summed E-state index contributed by atoms with van der Waals surface area (Å²) in [6, 6.07) is 8.94. The number of piperidine rings is 1. The van der Waals surface area contributed by atoms with Crippen molar-refractivity contribution in [3.63, 3.8) is 0 Å². The van der Waals surface area contributed by atoms with Gasteiger partial charge in [-0.2, -0.15) is 0 Å². The highest BCUT2D eigenvalue weighted by Gasteiger charge is 2.19. The highest BCUT2D eigenvalue weighted by Crippen LogP contribution is 2.21. The van der Waals surface area contributed by atoms with Gasteiger partial charge in [-0.3, -0.25) is 4.90 Å². The molecule has 1 saturated heterocycles. The molecule has 2 nitrogen and oxygen atoms in total. The maximum atomic E-state index is 3.45. The lowest BCUT2D eigenvalue weighted by Crippen LogP contribution is -2.36. The third kappa shape index (κ3) is 4.96. The van der Waals surface area contributed by atoms with E-state index in [4.69, 9.17) is 0 Å². The Morgan fingerprint density at radius 3 is 3.05 bits per heavy atom. The van der Waals surface area contributed by atoms with Crippen molar-refractivity contribution >= 4 is 0 Å². The fourth-order valence-corrected chi connectivity index (χ4v) is 3.08. The van der Waals surface area contributed by atoms with Crippen molar-refractivity contribution in [1.29, 1.82) is 0 Å². The molecule has 106 valence electrons. The molecule has 1 unspecified atom stereocenters. The van der Waals surface area contributed by atoms with Gasteiger partial charge in [-0.05, 0) is 57.3 Å². The molecule has 1 aromatic rings. The van der Waals surface area contributed by atoms with E-state index in [1.165, 1.54) is 50.0 Å². The highest BCUT2D eigenvalue weighted by molar-refractivity contribution is 5.22. The molecule has 1 N–H and O–H groups in total. The molecule has 1 atom stereocenters. The van der Waals surface area contributed by atoms with Crippen LogP contribution in [0.15, 0.2) is 24.3 Å². The zero-order valence-electron chi connectivity index (χ0n) is 12.5. The molecule has 1 aliphatic rings. The third-order valence-corrected chi connectivity index (χ3v) is 4.07. The molecule has 19 heavy (non-hydrogen) atoms. The fraction of sp³-hybridized carbons (Fsp3) is 0.647. The standard InChI is InChI=1S/C17H28N2/c1-3-18-10-9-16-8-5-11-19(13-16)14-17-7-4-6-15(2)12-17/h4,6-7,12,16,18H,3,5,8-11,13-14H2,1-2H3. The second-order valence-electron chi connectivity index (χ2n) is 5.87. The van der Waals surface area contributed by atoms with Gasteiger partial charge in [0.15, 0.2) is 0 Å². The molecular weight excluding hydrogens is 232 g/mol. The van der Waals surface area contributed by atoms with Gasteiger partial charge in [-0.25, -0.2) is 0 Å². The largest absolute Gasteiger partial charge is 0.317 e. The van der Waals surface area contributed by atoms with Gasteiger partial charge in [0.05, 0.1) is 0 Å². The molecule has 0 bridgehead atoms. The Bertz CT molecular complexity index is 375. The summed E-state index contributed by atoms with van der Waals surface area (Å²) in [5.41, 5.74) is 2.84. The van der Waals surface area contributed by atoms with Gasteiger partial charge >= 0.3 is 0 Å². The molecule has 0 radical (unpaired) electrons. The minimum atomic E-state index is 0.887. The predicted octanol–water partition coefficient (Wildman–Crippen LogP) is 3.21. The van der Waals surface area contributed by atoms with Crippen LogP contribution in [-0.2, 0) is 6.54 Å². The number of nitrogens with zero attached hydrogens (tertiary/aromatic N) is 1. The van der Waals surface area contributed by atoms with E-state index in [9.17, 15) is 0 Å². The van der Waals surface area contributed by atoms with Crippen LogP contribution in [0.25, 0.3) is 0 Å². The Balaban J connectivity index is 1.80. The molecular formula is C17H28N2. The molecule has 2 rings (SSSR count). The maximum Gasteiger partial charge on any atom is 0.0233 e. The second-order valence-corrected chi connectivity index (χ2v) is 5.87. The van der Waals surface area contributed by atoms with Crippen molar-refractivity contribution in [3.05, 3.63) is 35.4 Å². The summed E-state index contributed by atoms with van der Waals surface area (Å²) in [7, 11) is 0. The maximum absolute atomic E-state index is 3.45. The number of nitrogens with one attached hydrogen (secondary N) is 1. The molecule has 2 heteroatoms. The quantitative estimate of drug-likeness (QED) is 0.790. The minimum Gasteiger partial charge on any atom is -0.317 e. The summed E-state index contributed by atoms with van der Waals surface area (Å²) < 4.78 is 0. The zero-order valence-corrected chi connectivity index (χ0v) is 12.5. The first-order valence-corrected chi connectivity index (χ1v) is 7.76. The van der Waals surface area contributed by atoms with E-state index < -0.39 is 0 Å². The summed E-state index contributed by atoms with van der Waals surface area (Å²) in [6.45, 7) is 10.3. The monoisotopic (exact) mass is 260 g/mol. The van der Waals surface area contributed by atoms with E-state index in [0.717, 1.165) is 19.0 Å². The first-order valence-electron chi connectivity index (χ1n) is 7.76. The summed E-state index contributed by atoms with van der Waals surface area (Å²) in [4.78, 5) is 2.63. The smallest absolute Gasteiger partial charge is 0.0233 e. The van der Waals surface area contributed by atoms with E-state index in [1.807, 2.05) is 0 Å². The molecule has 1 heterocycles. The van der Waals surface area contributed by atoms with Crippen molar-refractivity contribution in [2.45, 2.75) is 39.7 Å². The highest BCUT2D eigenvalue weighted by atomic mass is 15.1. The topological polar surface area (TPSA) is 15.3 Å². The average Bonchev–Trinajstić information content (AvgIpc) is 2.39. The Labute approximate surface area is 118 Å². The van der Waals surface area contributed by atoms with Crippen molar-refractivity contribution in [1.82, 2.24) is 10.2 Å². The van der Waals surface area contributed by atoms with Crippen LogP contribution in [0.2, 0.25) is 0 Å². The van der Waals surface area contributed by atoms with Crippen molar-refractivity contribution < 1.29 is 0 Å². The Kier molecular flexibility index (Phi) is 5.87. The number of hydrogen-bond acceptors (Lipinski definition) is 2. The van der Waals surface area contributed by atoms with Gasteiger partial charge in [0.2, 0.25) is 0 Å². The van der Waals surface area contributed by atoms with Crippen LogP contribution in [0.4, 0.5) is 0 Å². The van der Waals surface area contributed by atoms with Gasteiger partial charge in [0, 0.05) is 13.1 Å². The average molecular weight is 260 g/mol. The third-order valence-electron chi connectivity index (χ3n) is 4.07. The van der Waals surface area contributed by atoms with E-state index >= 15 is 0 Å². The minimum absolute atomic E-state index is 0.887. The fourth-order valence-electron chi connectivity index (χ4n) is 3.08. The van der Waals surface area contributed by atoms with Gasteiger partial charge in [-0.15, -0.1) is 0 Å². The van der Waals surface area contributed by atoms with Gasteiger partial charge in [0.25, 0.3) is 0 Å². The van der Waals surface area contributed by atoms with E-state index in [-0.39, 0.29) is 0 Å². The van der Waals surface area contributed by atoms with E-state index in [2.05, 4.69) is 48.3 Å². The number of rotatable bonds is 6. The van der Waals surface area contributed by atoms with Crippen LogP contribution in [0.5, 0.6) is 0 Å². The molecule has 1 fully saturated rings. The van der Waals surface area contributed by atoms with Gasteiger partial charge in [0.1, 0.15) is 0 Å². The second kappa shape index (κ2) is 7.66. The predicted molar refractivity (Wildman–Crippen MR) is 82.3 cm³/mol. The van der Waals surface area contributed by atoms with E-state index in [1.54, 1.807) is 0 Å². The molecule has 0 aromatic heterocycles. The number of likely N-dealkylation sites (tertiary alicyclic amines) is 1. The number of benzene rings is 1. The number of aryl methyl sites for hydroxylation is 1. The van der Waals surface area contributed by atoms with Crippen molar-refractivity contribution in [2.75, 3.05) is 26.2 Å². The van der Waals surface area contributed by atoms with Gasteiger partial charge < -0.3 is 5.32 Å². The normalized spacial score (nSPS) is 20.6. The zero-order chi connectivity index (χ0) is 13.5. The Morgan fingerprint density at radius 2 is 2.26 bits per heavy atom. The Hall–Kier alpha value is -0.860. The summed E-state index contributed by atoms with van der Waals surface area (Å²) >= 11 is 0. The summed E-state index contributed by atoms with van der Waals surface area (Å²) in [5, 5.41) is 3.45. The lowest BCUT2D eigenvalue weighted by atomic mass is 9.94. The van der Waals surface area contributed by atoms with E-state index in [0.29, 0.717) is 0 Å². The van der Waals surface area contributed by atoms with Crippen LogP contribution in [0.1, 0.15) is 37.3 Å². The Morgan fingerprint density at radius 1 is 1.37 bits per heavy atom. The molecule has 1 aliphatic heterocycles. The lowest BCUT2D eigenvalue weighted by Gasteiger charge is -2.33. The van der Waals surface area contributed by atoms with Crippen LogP contribution >= 0.6 is 0 Å². The van der Waals surface area contributed by atoms with Crippen LogP contribution < -0.4 is 5.32 Å².